The second-order valence-corrected chi connectivity index (χ2v) is 4.98. The molecule has 0 saturated heterocycles. The van der Waals surface area contributed by atoms with Crippen molar-refractivity contribution in [1.29, 1.82) is 0 Å². The van der Waals surface area contributed by atoms with E-state index in [9.17, 15) is 4.79 Å². The largest absolute Gasteiger partial charge is 0.478 e. The zero-order chi connectivity index (χ0) is 15.4. The molecule has 1 aromatic heterocycles. The number of hydrogen-bond acceptors (Lipinski definition) is 3. The Bertz CT molecular complexity index is 711. The van der Waals surface area contributed by atoms with Crippen LogP contribution in [0, 0.1) is 13.8 Å². The second kappa shape index (κ2) is 6.41. The standard InChI is InChI=1S/C16H14ClNO3/c1-10-8-13(4-5-14(10)17)21-16-11(2)7-12(9-18-16)3-6-15(19)20/h3-9H,1-2H3,(H,19,20)/b6-3+. The molecule has 0 bridgehead atoms. The van der Waals surface area contributed by atoms with Crippen molar-refractivity contribution in [3.8, 4) is 11.6 Å². The lowest BCUT2D eigenvalue weighted by atomic mass is 10.2. The van der Waals surface area contributed by atoms with Gasteiger partial charge in [-0.15, -0.1) is 0 Å². The molecular weight excluding hydrogens is 290 g/mol. The number of aryl methyl sites for hydroxylation is 2. The van der Waals surface area contributed by atoms with Gasteiger partial charge in [0.2, 0.25) is 5.88 Å². The van der Waals surface area contributed by atoms with Crippen LogP contribution < -0.4 is 4.74 Å². The van der Waals surface area contributed by atoms with Crippen LogP contribution in [0.25, 0.3) is 6.08 Å². The van der Waals surface area contributed by atoms with E-state index < -0.39 is 5.97 Å². The van der Waals surface area contributed by atoms with Gasteiger partial charge in [-0.25, -0.2) is 9.78 Å². The predicted molar refractivity (Wildman–Crippen MR) is 81.9 cm³/mol. The normalized spacial score (nSPS) is 10.8. The van der Waals surface area contributed by atoms with Gasteiger partial charge in [0.25, 0.3) is 0 Å². The van der Waals surface area contributed by atoms with Crippen LogP contribution in [0.5, 0.6) is 11.6 Å². The van der Waals surface area contributed by atoms with Crippen LogP contribution in [0.15, 0.2) is 36.5 Å². The van der Waals surface area contributed by atoms with E-state index in [1.165, 1.54) is 6.08 Å². The summed E-state index contributed by atoms with van der Waals surface area (Å²) < 4.78 is 5.72. The Labute approximate surface area is 127 Å². The molecule has 1 heterocycles. The SMILES string of the molecule is Cc1cc(Oc2ncc(/C=C/C(=O)O)cc2C)ccc1Cl. The van der Waals surface area contributed by atoms with Crippen LogP contribution in [-0.4, -0.2) is 16.1 Å². The van der Waals surface area contributed by atoms with Crippen molar-refractivity contribution in [3.05, 3.63) is 58.3 Å². The average Bonchev–Trinajstić information content (AvgIpc) is 2.43. The Morgan fingerprint density at radius 2 is 2.05 bits per heavy atom. The Morgan fingerprint density at radius 1 is 1.29 bits per heavy atom. The summed E-state index contributed by atoms with van der Waals surface area (Å²) >= 11 is 5.97. The van der Waals surface area contributed by atoms with Gasteiger partial charge >= 0.3 is 5.97 Å². The summed E-state index contributed by atoms with van der Waals surface area (Å²) in [7, 11) is 0. The molecule has 0 amide bonds. The fourth-order valence-electron chi connectivity index (χ4n) is 1.74. The van der Waals surface area contributed by atoms with E-state index >= 15 is 0 Å². The van der Waals surface area contributed by atoms with Crippen molar-refractivity contribution in [2.75, 3.05) is 0 Å². The number of carbonyl (C=O) groups is 1. The Morgan fingerprint density at radius 3 is 2.67 bits per heavy atom. The van der Waals surface area contributed by atoms with E-state index in [1.54, 1.807) is 18.3 Å². The fourth-order valence-corrected chi connectivity index (χ4v) is 1.86. The lowest BCUT2D eigenvalue weighted by molar-refractivity contribution is -0.131. The first kappa shape index (κ1) is 15.1. The minimum Gasteiger partial charge on any atom is -0.478 e. The number of ether oxygens (including phenoxy) is 1. The van der Waals surface area contributed by atoms with Gasteiger partial charge in [0.05, 0.1) is 0 Å². The molecule has 0 spiro atoms. The van der Waals surface area contributed by atoms with Crippen LogP contribution in [0.4, 0.5) is 0 Å². The number of benzene rings is 1. The van der Waals surface area contributed by atoms with Crippen molar-refractivity contribution in [2.24, 2.45) is 0 Å². The average molecular weight is 304 g/mol. The number of nitrogens with zero attached hydrogens (tertiary/aromatic N) is 1. The number of rotatable bonds is 4. The third kappa shape index (κ3) is 4.07. The molecule has 21 heavy (non-hydrogen) atoms. The van der Waals surface area contributed by atoms with Crippen molar-refractivity contribution >= 4 is 23.6 Å². The number of carboxylic acids is 1. The van der Waals surface area contributed by atoms with Gasteiger partial charge in [-0.1, -0.05) is 11.6 Å². The number of pyridine rings is 1. The first-order chi connectivity index (χ1) is 9.95. The summed E-state index contributed by atoms with van der Waals surface area (Å²) in [5, 5.41) is 9.28. The summed E-state index contributed by atoms with van der Waals surface area (Å²) in [5.41, 5.74) is 2.44. The zero-order valence-corrected chi connectivity index (χ0v) is 12.4. The number of hydrogen-bond donors (Lipinski definition) is 1. The number of aliphatic carboxylic acids is 1. The van der Waals surface area contributed by atoms with Crippen molar-refractivity contribution < 1.29 is 14.6 Å². The van der Waals surface area contributed by atoms with Gasteiger partial charge in [0.1, 0.15) is 5.75 Å². The number of carboxylic acid groups (broad SMARTS) is 1. The molecule has 0 fully saturated rings. The molecule has 0 radical (unpaired) electrons. The topological polar surface area (TPSA) is 59.4 Å². The molecule has 1 aromatic carbocycles. The van der Waals surface area contributed by atoms with Gasteiger partial charge in [-0.05, 0) is 55.3 Å². The first-order valence-corrected chi connectivity index (χ1v) is 6.65. The van der Waals surface area contributed by atoms with Crippen LogP contribution in [0.3, 0.4) is 0 Å². The molecule has 2 rings (SSSR count). The second-order valence-electron chi connectivity index (χ2n) is 4.58. The fraction of sp³-hybridized carbons (Fsp3) is 0.125. The summed E-state index contributed by atoms with van der Waals surface area (Å²) in [6.07, 6.45) is 4.11. The maximum absolute atomic E-state index is 10.5. The van der Waals surface area contributed by atoms with Crippen LogP contribution in [-0.2, 0) is 4.79 Å². The molecule has 5 heteroatoms. The molecule has 0 aliphatic carbocycles. The smallest absolute Gasteiger partial charge is 0.328 e. The minimum atomic E-state index is -0.996. The molecule has 108 valence electrons. The van der Waals surface area contributed by atoms with Gasteiger partial charge in [-0.3, -0.25) is 0 Å². The van der Waals surface area contributed by atoms with E-state index in [0.29, 0.717) is 22.2 Å². The monoisotopic (exact) mass is 303 g/mol. The third-order valence-electron chi connectivity index (χ3n) is 2.81. The Balaban J connectivity index is 2.21. The maximum atomic E-state index is 10.5. The van der Waals surface area contributed by atoms with Crippen LogP contribution >= 0.6 is 11.6 Å². The lowest BCUT2D eigenvalue weighted by Gasteiger charge is -2.09. The summed E-state index contributed by atoms with van der Waals surface area (Å²) in [6, 6.07) is 7.19. The van der Waals surface area contributed by atoms with Crippen molar-refractivity contribution in [1.82, 2.24) is 4.98 Å². The summed E-state index contributed by atoms with van der Waals surface area (Å²) in [4.78, 5) is 14.7. The highest BCUT2D eigenvalue weighted by Crippen LogP contribution is 2.27. The molecule has 1 N–H and O–H groups in total. The molecular formula is C16H14ClNO3. The molecule has 0 aliphatic rings. The number of aromatic nitrogens is 1. The first-order valence-electron chi connectivity index (χ1n) is 6.27. The highest BCUT2D eigenvalue weighted by molar-refractivity contribution is 6.31. The molecule has 0 saturated carbocycles. The third-order valence-corrected chi connectivity index (χ3v) is 3.24. The van der Waals surface area contributed by atoms with E-state index in [4.69, 9.17) is 21.4 Å². The molecule has 0 unspecified atom stereocenters. The van der Waals surface area contributed by atoms with Gasteiger partial charge in [0.15, 0.2) is 0 Å². The minimum absolute atomic E-state index is 0.476. The van der Waals surface area contributed by atoms with E-state index in [2.05, 4.69) is 4.98 Å². The van der Waals surface area contributed by atoms with Crippen LogP contribution in [0.1, 0.15) is 16.7 Å². The quantitative estimate of drug-likeness (QED) is 0.858. The zero-order valence-electron chi connectivity index (χ0n) is 11.6. The molecule has 4 nitrogen and oxygen atoms in total. The Hall–Kier alpha value is -2.33. The summed E-state index contributed by atoms with van der Waals surface area (Å²) in [6.45, 7) is 3.75. The highest BCUT2D eigenvalue weighted by atomic mass is 35.5. The van der Waals surface area contributed by atoms with Gasteiger partial charge < -0.3 is 9.84 Å². The van der Waals surface area contributed by atoms with Crippen LogP contribution in [0.2, 0.25) is 5.02 Å². The number of halogens is 1. The van der Waals surface area contributed by atoms with Gasteiger partial charge in [0, 0.05) is 22.9 Å². The van der Waals surface area contributed by atoms with E-state index in [1.807, 2.05) is 26.0 Å². The summed E-state index contributed by atoms with van der Waals surface area (Å²) in [5.74, 6) is 0.134. The Kier molecular flexibility index (Phi) is 4.60. The van der Waals surface area contributed by atoms with E-state index in [-0.39, 0.29) is 0 Å². The maximum Gasteiger partial charge on any atom is 0.328 e. The molecule has 0 atom stereocenters. The molecule has 0 aliphatic heterocycles. The van der Waals surface area contributed by atoms with Crippen molar-refractivity contribution in [2.45, 2.75) is 13.8 Å². The van der Waals surface area contributed by atoms with Crippen molar-refractivity contribution in [3.63, 3.8) is 0 Å². The van der Waals surface area contributed by atoms with E-state index in [0.717, 1.165) is 17.2 Å². The van der Waals surface area contributed by atoms with Gasteiger partial charge in [-0.2, -0.15) is 0 Å². The molecule has 2 aromatic rings. The lowest BCUT2D eigenvalue weighted by Crippen LogP contribution is -1.93. The predicted octanol–water partition coefficient (Wildman–Crippen LogP) is 4.24. The highest BCUT2D eigenvalue weighted by Gasteiger charge is 2.05.